The summed E-state index contributed by atoms with van der Waals surface area (Å²) in [4.78, 5) is 20.3. The van der Waals surface area contributed by atoms with Crippen molar-refractivity contribution in [1.82, 2.24) is 20.2 Å². The molecule has 152 valence electrons. The number of nitrogens with one attached hydrogen (secondary N) is 1. The Kier molecular flexibility index (Phi) is 4.66. The molecule has 1 N–H and O–H groups in total. The molecule has 0 aromatic carbocycles. The second-order valence-corrected chi connectivity index (χ2v) is 8.21. The van der Waals surface area contributed by atoms with Gasteiger partial charge in [-0.05, 0) is 37.1 Å². The molecular weight excluding hydrogens is 409 g/mol. The van der Waals surface area contributed by atoms with Crippen LogP contribution < -0.4 is 5.32 Å². The number of carbonyl (C=O) groups excluding carboxylic acids is 1. The molecule has 0 spiro atoms. The van der Waals surface area contributed by atoms with Gasteiger partial charge in [0.05, 0.1) is 10.6 Å². The monoisotopic (exact) mass is 425 g/mol. The van der Waals surface area contributed by atoms with E-state index >= 15 is 0 Å². The van der Waals surface area contributed by atoms with Gasteiger partial charge in [-0.15, -0.1) is 26.6 Å². The highest BCUT2D eigenvalue weighted by Gasteiger charge is 2.41. The Labute approximate surface area is 174 Å². The zero-order valence-electron chi connectivity index (χ0n) is 15.7. The van der Waals surface area contributed by atoms with Gasteiger partial charge in [0.2, 0.25) is 0 Å². The van der Waals surface area contributed by atoms with Crippen molar-refractivity contribution in [3.8, 4) is 10.7 Å². The van der Waals surface area contributed by atoms with Gasteiger partial charge in [0.25, 0.3) is 6.23 Å². The average molecular weight is 425 g/mol. The molecule has 1 atom stereocenters. The lowest BCUT2D eigenvalue weighted by atomic mass is 9.66. The van der Waals surface area contributed by atoms with Gasteiger partial charge in [-0.25, -0.2) is 14.2 Å². The van der Waals surface area contributed by atoms with Gasteiger partial charge in [-0.1, -0.05) is 11.5 Å². The predicted molar refractivity (Wildman–Crippen MR) is 105 cm³/mol. The van der Waals surface area contributed by atoms with Gasteiger partial charge < -0.3 is 10.1 Å². The molecule has 1 amide bonds. The number of halogens is 1. The Morgan fingerprint density at radius 3 is 2.80 bits per heavy atom. The Morgan fingerprint density at radius 1 is 1.23 bits per heavy atom. The molecule has 1 fully saturated rings. The molecule has 11 heteroatoms. The number of anilines is 1. The SMILES string of the molecule is O=C1N=NC(c2cnc(-c3ccc(NCC4(c5ncccc5F)CCC4)nn3)s2)O1. The first-order chi connectivity index (χ1) is 14.6. The molecule has 1 aliphatic heterocycles. The third-order valence-electron chi connectivity index (χ3n) is 5.29. The number of nitrogens with zero attached hydrogens (tertiary/aromatic N) is 6. The lowest BCUT2D eigenvalue weighted by Crippen LogP contribution is -2.42. The molecule has 9 nitrogen and oxygen atoms in total. The second-order valence-electron chi connectivity index (χ2n) is 7.14. The topological polar surface area (TPSA) is 115 Å². The van der Waals surface area contributed by atoms with Crippen LogP contribution in [-0.2, 0) is 10.2 Å². The first kappa shape index (κ1) is 18.7. The molecule has 1 unspecified atom stereocenters. The van der Waals surface area contributed by atoms with E-state index in [0.717, 1.165) is 19.3 Å². The van der Waals surface area contributed by atoms with E-state index in [1.807, 2.05) is 0 Å². The fourth-order valence-corrected chi connectivity index (χ4v) is 4.40. The van der Waals surface area contributed by atoms with Crippen LogP contribution in [0, 0.1) is 5.82 Å². The minimum absolute atomic E-state index is 0.271. The molecule has 3 aromatic rings. The Hall–Kier alpha value is -3.34. The molecule has 3 aromatic heterocycles. The number of amides is 1. The molecular formula is C19H16FN7O2S. The minimum atomic E-state index is -0.747. The number of thiazole rings is 1. The van der Waals surface area contributed by atoms with Crippen molar-refractivity contribution < 1.29 is 13.9 Å². The highest BCUT2D eigenvalue weighted by Crippen LogP contribution is 2.43. The smallest absolute Gasteiger partial charge is 0.414 e. The molecule has 0 bridgehead atoms. The first-order valence-electron chi connectivity index (χ1n) is 9.39. The summed E-state index contributed by atoms with van der Waals surface area (Å²) in [5, 5.41) is 19.4. The molecule has 0 radical (unpaired) electrons. The summed E-state index contributed by atoms with van der Waals surface area (Å²) in [6.07, 6.45) is 4.56. The zero-order chi connectivity index (χ0) is 20.6. The predicted octanol–water partition coefficient (Wildman–Crippen LogP) is 4.27. The summed E-state index contributed by atoms with van der Waals surface area (Å²) in [6.45, 7) is 0.536. The van der Waals surface area contributed by atoms with E-state index in [-0.39, 0.29) is 11.2 Å². The largest absolute Gasteiger partial charge is 0.454 e. The number of azo groups is 1. The zero-order valence-corrected chi connectivity index (χ0v) is 16.5. The van der Waals surface area contributed by atoms with Gasteiger partial charge in [-0.3, -0.25) is 4.98 Å². The number of rotatable bonds is 6. The van der Waals surface area contributed by atoms with E-state index in [4.69, 9.17) is 4.74 Å². The van der Waals surface area contributed by atoms with Crippen LogP contribution in [0.1, 0.15) is 36.1 Å². The molecule has 30 heavy (non-hydrogen) atoms. The minimum Gasteiger partial charge on any atom is -0.414 e. The van der Waals surface area contributed by atoms with E-state index in [0.29, 0.717) is 33.6 Å². The van der Waals surface area contributed by atoms with E-state index < -0.39 is 12.3 Å². The fourth-order valence-electron chi connectivity index (χ4n) is 3.55. The van der Waals surface area contributed by atoms with E-state index in [9.17, 15) is 9.18 Å². The maximum Gasteiger partial charge on any atom is 0.454 e. The van der Waals surface area contributed by atoms with E-state index in [1.165, 1.54) is 17.4 Å². The van der Waals surface area contributed by atoms with E-state index in [2.05, 4.69) is 35.7 Å². The molecule has 0 saturated heterocycles. The summed E-state index contributed by atoms with van der Waals surface area (Å²) in [5.74, 6) is 0.323. The number of carbonyl (C=O) groups is 1. The number of aromatic nitrogens is 4. The normalized spacial score (nSPS) is 19.4. The third-order valence-corrected chi connectivity index (χ3v) is 6.34. The van der Waals surface area contributed by atoms with Crippen LogP contribution in [-0.4, -0.2) is 32.8 Å². The van der Waals surface area contributed by atoms with Gasteiger partial charge in [-0.2, -0.15) is 0 Å². The molecule has 2 aliphatic rings. The number of pyridine rings is 1. The summed E-state index contributed by atoms with van der Waals surface area (Å²) in [5.41, 5.74) is 0.781. The summed E-state index contributed by atoms with van der Waals surface area (Å²) in [6, 6.07) is 6.66. The van der Waals surface area contributed by atoms with Crippen molar-refractivity contribution in [2.75, 3.05) is 11.9 Å². The number of hydrogen-bond acceptors (Lipinski definition) is 9. The second kappa shape index (κ2) is 7.48. The molecule has 5 rings (SSSR count). The lowest BCUT2D eigenvalue weighted by molar-refractivity contribution is 0.134. The van der Waals surface area contributed by atoms with Crippen LogP contribution in [0.25, 0.3) is 10.7 Å². The van der Waals surface area contributed by atoms with Crippen LogP contribution in [0.3, 0.4) is 0 Å². The number of ether oxygens (including phenoxy) is 1. The molecule has 1 aliphatic carbocycles. The highest BCUT2D eigenvalue weighted by atomic mass is 32.1. The van der Waals surface area contributed by atoms with Crippen molar-refractivity contribution in [2.24, 2.45) is 10.2 Å². The Balaban J connectivity index is 1.27. The van der Waals surface area contributed by atoms with Crippen LogP contribution in [0.15, 0.2) is 46.9 Å². The standard InChI is InChI=1S/C19H16FN7O2S/c20-11-3-1-8-21-15(11)19(6-2-7-19)10-23-14-5-4-12(24-25-14)17-22-9-13(30-17)16-26-27-18(28)29-16/h1,3-5,8-9,16H,2,6-7,10H2,(H,23,25). The van der Waals surface area contributed by atoms with Crippen molar-refractivity contribution >= 4 is 23.2 Å². The van der Waals surface area contributed by atoms with Gasteiger partial charge in [0.1, 0.15) is 22.3 Å². The molecule has 1 saturated carbocycles. The number of hydrogen-bond donors (Lipinski definition) is 1. The van der Waals surface area contributed by atoms with Gasteiger partial charge in [0.15, 0.2) is 0 Å². The third kappa shape index (κ3) is 3.41. The van der Waals surface area contributed by atoms with Crippen LogP contribution in [0.5, 0.6) is 0 Å². The van der Waals surface area contributed by atoms with Crippen LogP contribution in [0.2, 0.25) is 0 Å². The Bertz CT molecular complexity index is 1110. The van der Waals surface area contributed by atoms with E-state index in [1.54, 1.807) is 30.6 Å². The first-order valence-corrected chi connectivity index (χ1v) is 10.2. The maximum absolute atomic E-state index is 14.2. The lowest BCUT2D eigenvalue weighted by Gasteiger charge is -2.41. The van der Waals surface area contributed by atoms with Crippen LogP contribution >= 0.6 is 11.3 Å². The maximum atomic E-state index is 14.2. The van der Waals surface area contributed by atoms with Gasteiger partial charge in [0, 0.05) is 24.4 Å². The van der Waals surface area contributed by atoms with Gasteiger partial charge >= 0.3 is 6.09 Å². The van der Waals surface area contributed by atoms with Crippen molar-refractivity contribution in [2.45, 2.75) is 30.9 Å². The summed E-state index contributed by atoms with van der Waals surface area (Å²) >= 11 is 1.31. The number of cyclic esters (lactones) is 1. The summed E-state index contributed by atoms with van der Waals surface area (Å²) < 4.78 is 19.2. The highest BCUT2D eigenvalue weighted by molar-refractivity contribution is 7.15. The fraction of sp³-hybridized carbons (Fsp3) is 0.316. The van der Waals surface area contributed by atoms with Crippen molar-refractivity contribution in [3.05, 3.63) is 53.0 Å². The average Bonchev–Trinajstić information content (AvgIpc) is 3.38. The van der Waals surface area contributed by atoms with Crippen molar-refractivity contribution in [3.63, 3.8) is 0 Å². The Morgan fingerprint density at radius 2 is 2.13 bits per heavy atom. The summed E-state index contributed by atoms with van der Waals surface area (Å²) in [7, 11) is 0. The quantitative estimate of drug-likeness (QED) is 0.627. The van der Waals surface area contributed by atoms with Crippen LogP contribution in [0.4, 0.5) is 15.0 Å². The molecule has 4 heterocycles. The van der Waals surface area contributed by atoms with Crippen molar-refractivity contribution in [1.29, 1.82) is 0 Å².